The van der Waals surface area contributed by atoms with E-state index in [1.54, 1.807) is 60.7 Å². The molecule has 1 aromatic heterocycles. The number of amides is 1. The molecule has 1 amide bonds. The normalized spacial score (nSPS) is 14.8. The number of carbonyl (C=O) groups excluding carboxylic acids is 1. The number of carbonyl (C=O) groups is 1. The van der Waals surface area contributed by atoms with E-state index in [0.717, 1.165) is 25.9 Å². The summed E-state index contributed by atoms with van der Waals surface area (Å²) in [5.74, 6) is -0.840. The average Bonchev–Trinajstić information content (AvgIpc) is 3.41. The smallest absolute Gasteiger partial charge is 0.279 e. The second kappa shape index (κ2) is 9.98. The topological polar surface area (TPSA) is 67.2 Å². The number of likely N-dealkylation sites (tertiary alicyclic amines) is 1. The van der Waals surface area contributed by atoms with Gasteiger partial charge in [-0.25, -0.2) is 4.39 Å². The maximum absolute atomic E-state index is 14.8. The van der Waals surface area contributed by atoms with Crippen molar-refractivity contribution < 1.29 is 9.18 Å². The summed E-state index contributed by atoms with van der Waals surface area (Å²) < 4.78 is 16.1. The monoisotopic (exact) mass is 490 g/mol. The number of hydrogen-bond donors (Lipinski definition) is 1. The Morgan fingerprint density at radius 2 is 1.66 bits per heavy atom. The maximum atomic E-state index is 14.8. The highest BCUT2D eigenvalue weighted by atomic mass is 35.5. The van der Waals surface area contributed by atoms with Gasteiger partial charge in [-0.05, 0) is 56.3 Å². The molecule has 1 unspecified atom stereocenters. The predicted octanol–water partition coefficient (Wildman–Crippen LogP) is 4.75. The molecular weight excluding hydrogens is 467 g/mol. The highest BCUT2D eigenvalue weighted by Crippen LogP contribution is 2.32. The predicted molar refractivity (Wildman–Crippen MR) is 135 cm³/mol. The summed E-state index contributed by atoms with van der Waals surface area (Å²) in [6.07, 6.45) is 2.01. The molecule has 35 heavy (non-hydrogen) atoms. The molecule has 0 radical (unpaired) electrons. The first-order valence-electron chi connectivity index (χ1n) is 11.6. The standard InChI is InChI=1S/C27H24ClFN4O2/c28-21-13-8-14-22(29)24(21)23(32-15-6-7-16-32)17-30-26(34)25-19-11-4-5-12-20(19)27(35)33(31-25)18-9-2-1-3-10-18/h1-5,8-14,23H,6-7,15-17H2,(H,30,34). The van der Waals surface area contributed by atoms with E-state index < -0.39 is 17.8 Å². The fourth-order valence-corrected chi connectivity index (χ4v) is 4.96. The second-order valence-electron chi connectivity index (χ2n) is 8.55. The zero-order valence-corrected chi connectivity index (χ0v) is 19.7. The first-order chi connectivity index (χ1) is 17.0. The van der Waals surface area contributed by atoms with E-state index in [1.807, 2.05) is 6.07 Å². The van der Waals surface area contributed by atoms with Crippen molar-refractivity contribution in [3.05, 3.63) is 105 Å². The van der Waals surface area contributed by atoms with Crippen molar-refractivity contribution in [1.29, 1.82) is 0 Å². The van der Waals surface area contributed by atoms with Crippen molar-refractivity contribution in [3.8, 4) is 5.69 Å². The Balaban J connectivity index is 1.51. The van der Waals surface area contributed by atoms with Gasteiger partial charge in [-0.1, -0.05) is 54.1 Å². The van der Waals surface area contributed by atoms with Crippen LogP contribution in [0.1, 0.15) is 34.9 Å². The van der Waals surface area contributed by atoms with Crippen LogP contribution in [-0.2, 0) is 0 Å². The number of rotatable bonds is 6. The lowest BCUT2D eigenvalue weighted by Crippen LogP contribution is -2.38. The molecule has 6 nitrogen and oxygen atoms in total. The lowest BCUT2D eigenvalue weighted by Gasteiger charge is -2.29. The third kappa shape index (κ3) is 4.57. The number of aromatic nitrogens is 2. The van der Waals surface area contributed by atoms with Crippen LogP contribution in [0.5, 0.6) is 0 Å². The Labute approximate surface area is 206 Å². The van der Waals surface area contributed by atoms with E-state index >= 15 is 0 Å². The number of nitrogens with zero attached hydrogens (tertiary/aromatic N) is 3. The molecule has 178 valence electrons. The van der Waals surface area contributed by atoms with Gasteiger partial charge in [0, 0.05) is 22.5 Å². The average molecular weight is 491 g/mol. The van der Waals surface area contributed by atoms with Crippen LogP contribution in [0.3, 0.4) is 0 Å². The van der Waals surface area contributed by atoms with Gasteiger partial charge in [-0.15, -0.1) is 0 Å². The van der Waals surface area contributed by atoms with Crippen LogP contribution in [0, 0.1) is 5.82 Å². The molecule has 0 spiro atoms. The molecule has 1 N–H and O–H groups in total. The fraction of sp³-hybridized carbons (Fsp3) is 0.222. The maximum Gasteiger partial charge on any atom is 0.279 e. The number of benzene rings is 3. The molecule has 1 aliphatic rings. The van der Waals surface area contributed by atoms with E-state index in [4.69, 9.17) is 11.6 Å². The second-order valence-corrected chi connectivity index (χ2v) is 8.96. The molecular formula is C27H24ClFN4O2. The summed E-state index contributed by atoms with van der Waals surface area (Å²) in [5, 5.41) is 8.55. The van der Waals surface area contributed by atoms with Gasteiger partial charge >= 0.3 is 0 Å². The summed E-state index contributed by atoms with van der Waals surface area (Å²) >= 11 is 6.39. The molecule has 1 aliphatic heterocycles. The minimum absolute atomic E-state index is 0.129. The Morgan fingerprint density at radius 1 is 0.971 bits per heavy atom. The molecule has 1 saturated heterocycles. The summed E-state index contributed by atoms with van der Waals surface area (Å²) in [6.45, 7) is 1.75. The molecule has 1 fully saturated rings. The lowest BCUT2D eigenvalue weighted by atomic mass is 10.0. The third-order valence-electron chi connectivity index (χ3n) is 6.39. The minimum Gasteiger partial charge on any atom is -0.349 e. The molecule has 5 rings (SSSR count). The Hall–Kier alpha value is -3.55. The van der Waals surface area contributed by atoms with Crippen molar-refractivity contribution >= 4 is 28.3 Å². The zero-order chi connectivity index (χ0) is 24.4. The van der Waals surface area contributed by atoms with Crippen LogP contribution in [-0.4, -0.2) is 40.2 Å². The van der Waals surface area contributed by atoms with Gasteiger partial charge in [0.15, 0.2) is 5.69 Å². The molecule has 8 heteroatoms. The molecule has 3 aromatic carbocycles. The Bertz CT molecular complexity index is 1410. The van der Waals surface area contributed by atoms with Gasteiger partial charge in [0.1, 0.15) is 5.82 Å². The Kier molecular flexibility index (Phi) is 6.61. The number of hydrogen-bond acceptors (Lipinski definition) is 4. The van der Waals surface area contributed by atoms with Crippen LogP contribution in [0.15, 0.2) is 77.6 Å². The van der Waals surface area contributed by atoms with Crippen LogP contribution >= 0.6 is 11.6 Å². The van der Waals surface area contributed by atoms with Gasteiger partial charge < -0.3 is 5.32 Å². The van der Waals surface area contributed by atoms with Crippen molar-refractivity contribution in [2.75, 3.05) is 19.6 Å². The van der Waals surface area contributed by atoms with Crippen molar-refractivity contribution in [1.82, 2.24) is 20.0 Å². The van der Waals surface area contributed by atoms with Gasteiger partial charge in [0.25, 0.3) is 11.5 Å². The van der Waals surface area contributed by atoms with Crippen molar-refractivity contribution in [2.45, 2.75) is 18.9 Å². The van der Waals surface area contributed by atoms with Crippen LogP contribution in [0.25, 0.3) is 16.5 Å². The van der Waals surface area contributed by atoms with Gasteiger partial charge in [0.05, 0.1) is 17.1 Å². The third-order valence-corrected chi connectivity index (χ3v) is 6.72. The number of nitrogens with one attached hydrogen (secondary N) is 1. The van der Waals surface area contributed by atoms with E-state index in [-0.39, 0.29) is 17.8 Å². The quantitative estimate of drug-likeness (QED) is 0.424. The largest absolute Gasteiger partial charge is 0.349 e. The number of halogens is 2. The van der Waals surface area contributed by atoms with E-state index in [0.29, 0.717) is 27.0 Å². The molecule has 0 aliphatic carbocycles. The summed E-state index contributed by atoms with van der Waals surface area (Å²) in [7, 11) is 0. The highest BCUT2D eigenvalue weighted by Gasteiger charge is 2.29. The molecule has 0 saturated carbocycles. The van der Waals surface area contributed by atoms with E-state index in [1.165, 1.54) is 10.7 Å². The molecule has 0 bridgehead atoms. The highest BCUT2D eigenvalue weighted by molar-refractivity contribution is 6.31. The van der Waals surface area contributed by atoms with Crippen LogP contribution in [0.4, 0.5) is 4.39 Å². The minimum atomic E-state index is -0.442. The molecule has 2 heterocycles. The van der Waals surface area contributed by atoms with E-state index in [9.17, 15) is 14.0 Å². The van der Waals surface area contributed by atoms with Crippen molar-refractivity contribution in [2.24, 2.45) is 0 Å². The summed E-state index contributed by atoms with van der Waals surface area (Å²) in [6, 6.07) is 20.1. The van der Waals surface area contributed by atoms with Crippen LogP contribution in [0.2, 0.25) is 5.02 Å². The first-order valence-corrected chi connectivity index (χ1v) is 12.0. The zero-order valence-electron chi connectivity index (χ0n) is 19.0. The SMILES string of the molecule is O=C(NCC(c1c(F)cccc1Cl)N1CCCC1)c1nn(-c2ccccc2)c(=O)c2ccccc12. The first kappa shape index (κ1) is 23.2. The van der Waals surface area contributed by atoms with Crippen molar-refractivity contribution in [3.63, 3.8) is 0 Å². The van der Waals surface area contributed by atoms with Gasteiger partial charge in [0.2, 0.25) is 0 Å². The van der Waals surface area contributed by atoms with Crippen LogP contribution < -0.4 is 10.9 Å². The number of fused-ring (bicyclic) bond motifs is 1. The summed E-state index contributed by atoms with van der Waals surface area (Å²) in [5.41, 5.74) is 0.758. The molecule has 1 atom stereocenters. The number of para-hydroxylation sites is 1. The fourth-order valence-electron chi connectivity index (χ4n) is 4.67. The van der Waals surface area contributed by atoms with Gasteiger partial charge in [-0.2, -0.15) is 9.78 Å². The van der Waals surface area contributed by atoms with E-state index in [2.05, 4.69) is 15.3 Å². The molecule has 4 aromatic rings. The summed E-state index contributed by atoms with van der Waals surface area (Å²) in [4.78, 5) is 28.7. The Morgan fingerprint density at radius 3 is 2.37 bits per heavy atom. The van der Waals surface area contributed by atoms with Gasteiger partial charge in [-0.3, -0.25) is 14.5 Å². The lowest BCUT2D eigenvalue weighted by molar-refractivity contribution is 0.0932.